The van der Waals surface area contributed by atoms with Crippen LogP contribution in [-0.2, 0) is 10.8 Å². The Morgan fingerprint density at radius 3 is 1.71 bits per heavy atom. The molecule has 0 saturated carbocycles. The molecule has 1 aliphatic carbocycles. The quantitative estimate of drug-likeness (QED) is 0.223. The van der Waals surface area contributed by atoms with Gasteiger partial charge in [0.25, 0.3) is 0 Å². The summed E-state index contributed by atoms with van der Waals surface area (Å²) in [5.41, 5.74) is 12.1. The first-order valence-corrected chi connectivity index (χ1v) is 14.4. The van der Waals surface area contributed by atoms with Crippen LogP contribution in [0.2, 0.25) is 0 Å². The maximum absolute atomic E-state index is 6.49. The minimum Gasteiger partial charge on any atom is -0.457 e. The van der Waals surface area contributed by atoms with Crippen molar-refractivity contribution in [3.05, 3.63) is 179 Å². The molecular weight excluding hydrogens is 496 g/mol. The Morgan fingerprint density at radius 2 is 0.976 bits per heavy atom. The summed E-state index contributed by atoms with van der Waals surface area (Å²) in [7, 11) is 0. The lowest BCUT2D eigenvalue weighted by Crippen LogP contribution is -2.28. The summed E-state index contributed by atoms with van der Waals surface area (Å²) in [6, 6.07) is 52.9. The third-order valence-corrected chi connectivity index (χ3v) is 9.20. The van der Waals surface area contributed by atoms with Crippen LogP contribution < -0.4 is 4.74 Å². The molecule has 8 rings (SSSR count). The molecule has 196 valence electrons. The minimum absolute atomic E-state index is 0.208. The highest BCUT2D eigenvalue weighted by molar-refractivity contribution is 5.87. The molecule has 0 atom stereocenters. The lowest BCUT2D eigenvalue weighted by atomic mass is 9.67. The molecule has 0 spiro atoms. The lowest BCUT2D eigenvalue weighted by Gasteiger charge is -2.37. The van der Waals surface area contributed by atoms with Crippen molar-refractivity contribution in [3.63, 3.8) is 0 Å². The van der Waals surface area contributed by atoms with Gasteiger partial charge in [-0.2, -0.15) is 0 Å². The third-order valence-electron chi connectivity index (χ3n) is 9.20. The molecule has 6 aromatic rings. The molecular formula is C40H30O. The van der Waals surface area contributed by atoms with Crippen LogP contribution in [0.5, 0.6) is 11.5 Å². The molecule has 2 aliphatic rings. The molecule has 1 aliphatic heterocycles. The largest absolute Gasteiger partial charge is 0.457 e. The second-order valence-electron chi connectivity index (χ2n) is 11.7. The monoisotopic (exact) mass is 526 g/mol. The number of rotatable bonds is 3. The van der Waals surface area contributed by atoms with Gasteiger partial charge in [0.15, 0.2) is 0 Å². The molecule has 0 N–H and O–H groups in total. The van der Waals surface area contributed by atoms with Gasteiger partial charge in [0.05, 0.1) is 5.41 Å². The standard InChI is InChI=1S/C40H30O/c1-39(2)35-23-10-11-24-36(35)41-37-25-13-20-30(38(37)39)27-14-12-17-29(26-27)40(28-15-4-3-5-16-28)33-21-8-6-18-31(33)32-19-7-9-22-34(32)40/h3-26H,1-2H3. The summed E-state index contributed by atoms with van der Waals surface area (Å²) < 4.78 is 6.49. The van der Waals surface area contributed by atoms with Gasteiger partial charge in [-0.25, -0.2) is 0 Å². The SMILES string of the molecule is CC1(C)c2ccccc2Oc2cccc(-c3cccc(C4(c5ccccc5)c5ccccc5-c5ccccc54)c3)c21. The smallest absolute Gasteiger partial charge is 0.132 e. The third kappa shape index (κ3) is 3.30. The Labute approximate surface area is 241 Å². The Hall–Kier alpha value is -4.88. The summed E-state index contributed by atoms with van der Waals surface area (Å²) >= 11 is 0. The number of benzene rings is 6. The van der Waals surface area contributed by atoms with E-state index in [4.69, 9.17) is 4.74 Å². The van der Waals surface area contributed by atoms with Crippen LogP contribution in [0.15, 0.2) is 146 Å². The van der Waals surface area contributed by atoms with Crippen LogP contribution in [0.1, 0.15) is 47.2 Å². The van der Waals surface area contributed by atoms with Crippen LogP contribution in [0.3, 0.4) is 0 Å². The highest BCUT2D eigenvalue weighted by Crippen LogP contribution is 2.57. The van der Waals surface area contributed by atoms with Crippen molar-refractivity contribution in [3.8, 4) is 33.8 Å². The zero-order valence-corrected chi connectivity index (χ0v) is 23.3. The van der Waals surface area contributed by atoms with Gasteiger partial charge in [-0.3, -0.25) is 0 Å². The zero-order valence-electron chi connectivity index (χ0n) is 23.3. The van der Waals surface area contributed by atoms with E-state index in [0.717, 1.165) is 11.5 Å². The molecule has 0 fully saturated rings. The first-order chi connectivity index (χ1) is 20.1. The van der Waals surface area contributed by atoms with E-state index >= 15 is 0 Å². The van der Waals surface area contributed by atoms with Gasteiger partial charge in [-0.15, -0.1) is 0 Å². The normalized spacial score (nSPS) is 15.2. The maximum atomic E-state index is 6.49. The van der Waals surface area contributed by atoms with Crippen molar-refractivity contribution in [2.24, 2.45) is 0 Å². The number of ether oxygens (including phenoxy) is 1. The molecule has 6 aromatic carbocycles. The molecule has 0 aromatic heterocycles. The second kappa shape index (κ2) is 8.81. The number of hydrogen-bond donors (Lipinski definition) is 0. The molecule has 0 amide bonds. The Morgan fingerprint density at radius 1 is 0.439 bits per heavy atom. The Kier molecular flexibility index (Phi) is 5.15. The molecule has 41 heavy (non-hydrogen) atoms. The van der Waals surface area contributed by atoms with Crippen LogP contribution in [-0.4, -0.2) is 0 Å². The topological polar surface area (TPSA) is 9.23 Å². The van der Waals surface area contributed by atoms with E-state index in [1.54, 1.807) is 0 Å². The van der Waals surface area contributed by atoms with E-state index in [9.17, 15) is 0 Å². The van der Waals surface area contributed by atoms with Crippen LogP contribution >= 0.6 is 0 Å². The average molecular weight is 527 g/mol. The molecule has 1 nitrogen and oxygen atoms in total. The summed E-state index contributed by atoms with van der Waals surface area (Å²) in [5.74, 6) is 1.88. The van der Waals surface area contributed by atoms with Gasteiger partial charge in [-0.1, -0.05) is 141 Å². The molecule has 1 heterocycles. The van der Waals surface area contributed by atoms with E-state index in [1.807, 2.05) is 6.07 Å². The number of hydrogen-bond acceptors (Lipinski definition) is 1. The first-order valence-electron chi connectivity index (χ1n) is 14.4. The average Bonchev–Trinajstić information content (AvgIpc) is 3.33. The molecule has 1 heteroatoms. The second-order valence-corrected chi connectivity index (χ2v) is 11.7. The zero-order chi connectivity index (χ0) is 27.6. The van der Waals surface area contributed by atoms with Crippen LogP contribution in [0, 0.1) is 0 Å². The van der Waals surface area contributed by atoms with E-state index in [-0.39, 0.29) is 5.41 Å². The predicted octanol–water partition coefficient (Wildman–Crippen LogP) is 10.1. The number of para-hydroxylation sites is 1. The summed E-state index contributed by atoms with van der Waals surface area (Å²) in [4.78, 5) is 0. The molecule has 0 saturated heterocycles. The number of fused-ring (bicyclic) bond motifs is 5. The highest BCUT2D eigenvalue weighted by atomic mass is 16.5. The fraction of sp³-hybridized carbons (Fsp3) is 0.100. The highest BCUT2D eigenvalue weighted by Gasteiger charge is 2.46. The van der Waals surface area contributed by atoms with E-state index < -0.39 is 5.41 Å². The van der Waals surface area contributed by atoms with Crippen molar-refractivity contribution < 1.29 is 4.74 Å². The van der Waals surface area contributed by atoms with E-state index in [2.05, 4.69) is 153 Å². The molecule has 0 radical (unpaired) electrons. The maximum Gasteiger partial charge on any atom is 0.132 e. The fourth-order valence-electron chi connectivity index (χ4n) is 7.46. The fourth-order valence-corrected chi connectivity index (χ4v) is 7.46. The van der Waals surface area contributed by atoms with Crippen LogP contribution in [0.25, 0.3) is 22.3 Å². The van der Waals surface area contributed by atoms with Gasteiger partial charge in [0.2, 0.25) is 0 Å². The summed E-state index contributed by atoms with van der Waals surface area (Å²) in [6.45, 7) is 4.63. The van der Waals surface area contributed by atoms with Gasteiger partial charge < -0.3 is 4.74 Å². The van der Waals surface area contributed by atoms with Crippen molar-refractivity contribution >= 4 is 0 Å². The predicted molar refractivity (Wildman–Crippen MR) is 168 cm³/mol. The lowest BCUT2D eigenvalue weighted by molar-refractivity contribution is 0.419. The summed E-state index contributed by atoms with van der Waals surface area (Å²) in [5, 5.41) is 0. The van der Waals surface area contributed by atoms with Gasteiger partial charge in [0, 0.05) is 16.5 Å². The van der Waals surface area contributed by atoms with E-state index in [0.29, 0.717) is 0 Å². The van der Waals surface area contributed by atoms with Crippen molar-refractivity contribution in [2.75, 3.05) is 0 Å². The first kappa shape index (κ1) is 24.0. The Balaban J connectivity index is 1.40. The summed E-state index contributed by atoms with van der Waals surface area (Å²) in [6.07, 6.45) is 0. The van der Waals surface area contributed by atoms with Gasteiger partial charge >= 0.3 is 0 Å². The van der Waals surface area contributed by atoms with Crippen LogP contribution in [0.4, 0.5) is 0 Å². The van der Waals surface area contributed by atoms with Crippen molar-refractivity contribution in [2.45, 2.75) is 24.7 Å². The van der Waals surface area contributed by atoms with Gasteiger partial charge in [0.1, 0.15) is 11.5 Å². The molecule has 0 unspecified atom stereocenters. The van der Waals surface area contributed by atoms with Crippen molar-refractivity contribution in [1.29, 1.82) is 0 Å². The van der Waals surface area contributed by atoms with Crippen molar-refractivity contribution in [1.82, 2.24) is 0 Å². The molecule has 0 bridgehead atoms. The Bertz CT molecular complexity index is 1900. The van der Waals surface area contributed by atoms with Gasteiger partial charge in [-0.05, 0) is 62.7 Å². The minimum atomic E-state index is -0.419. The van der Waals surface area contributed by atoms with E-state index in [1.165, 1.54) is 55.6 Å².